The standard InChI is InChI=1S/C14H25NO6/c1-13(2,3)20-11(18)9(7-8-10(16)17)15-12(19)21-14(4,5)6/h9H,7-8H2,1-6H3,(H,15,19)(H,16,17)/p-1/t9-/m0/s1. The number of nitrogens with one attached hydrogen (secondary N) is 1. The van der Waals surface area contributed by atoms with E-state index in [1.807, 2.05) is 0 Å². The summed E-state index contributed by atoms with van der Waals surface area (Å²) in [5.74, 6) is -2.02. The number of aliphatic carboxylic acids is 1. The Bertz CT molecular complexity index is 391. The van der Waals surface area contributed by atoms with Gasteiger partial charge in [0.1, 0.15) is 17.2 Å². The van der Waals surface area contributed by atoms with Crippen molar-refractivity contribution in [2.45, 2.75) is 71.6 Å². The summed E-state index contributed by atoms with van der Waals surface area (Å²) in [7, 11) is 0. The molecular formula is C14H24NO6-. The van der Waals surface area contributed by atoms with E-state index in [1.54, 1.807) is 41.5 Å². The van der Waals surface area contributed by atoms with E-state index in [0.717, 1.165) is 0 Å². The minimum atomic E-state index is -1.31. The maximum atomic E-state index is 12.0. The molecule has 0 radical (unpaired) electrons. The second-order valence-electron chi connectivity index (χ2n) is 6.64. The largest absolute Gasteiger partial charge is 0.550 e. The van der Waals surface area contributed by atoms with Crippen LogP contribution in [-0.4, -0.2) is 35.3 Å². The lowest BCUT2D eigenvalue weighted by Gasteiger charge is -2.26. The van der Waals surface area contributed by atoms with Gasteiger partial charge in [0.25, 0.3) is 0 Å². The fourth-order valence-electron chi connectivity index (χ4n) is 1.33. The number of alkyl carbamates (subject to hydrolysis) is 1. The highest BCUT2D eigenvalue weighted by atomic mass is 16.6. The number of carbonyl (C=O) groups excluding carboxylic acids is 3. The van der Waals surface area contributed by atoms with E-state index >= 15 is 0 Å². The highest BCUT2D eigenvalue weighted by Crippen LogP contribution is 2.12. The molecule has 0 unspecified atom stereocenters. The van der Waals surface area contributed by atoms with Crippen molar-refractivity contribution in [3.05, 3.63) is 0 Å². The Morgan fingerprint density at radius 1 is 1.00 bits per heavy atom. The molecule has 122 valence electrons. The van der Waals surface area contributed by atoms with Gasteiger partial charge in [-0.1, -0.05) is 0 Å². The Kier molecular flexibility index (Phi) is 6.66. The molecule has 0 aromatic carbocycles. The monoisotopic (exact) mass is 302 g/mol. The van der Waals surface area contributed by atoms with Crippen molar-refractivity contribution >= 4 is 18.0 Å². The lowest BCUT2D eigenvalue weighted by molar-refractivity contribution is -0.305. The maximum absolute atomic E-state index is 12.0. The first kappa shape index (κ1) is 19.2. The number of carboxylic acids is 1. The van der Waals surface area contributed by atoms with Gasteiger partial charge in [-0.05, 0) is 54.4 Å². The minimum absolute atomic E-state index is 0.128. The van der Waals surface area contributed by atoms with Crippen LogP contribution >= 0.6 is 0 Å². The predicted octanol–water partition coefficient (Wildman–Crippen LogP) is 0.751. The van der Waals surface area contributed by atoms with E-state index in [2.05, 4.69) is 5.32 Å². The third kappa shape index (κ3) is 10.6. The molecule has 7 nitrogen and oxygen atoms in total. The van der Waals surface area contributed by atoms with Crippen molar-refractivity contribution in [2.75, 3.05) is 0 Å². The Balaban J connectivity index is 4.77. The van der Waals surface area contributed by atoms with Gasteiger partial charge < -0.3 is 24.7 Å². The zero-order chi connectivity index (χ0) is 16.8. The molecule has 0 heterocycles. The van der Waals surface area contributed by atoms with E-state index < -0.39 is 35.3 Å². The lowest BCUT2D eigenvalue weighted by Crippen LogP contribution is -2.46. The molecule has 0 aliphatic carbocycles. The van der Waals surface area contributed by atoms with Gasteiger partial charge in [-0.3, -0.25) is 0 Å². The van der Waals surface area contributed by atoms with E-state index in [9.17, 15) is 19.5 Å². The van der Waals surface area contributed by atoms with Gasteiger partial charge in [0.2, 0.25) is 0 Å². The first-order valence-corrected chi connectivity index (χ1v) is 6.72. The van der Waals surface area contributed by atoms with Gasteiger partial charge >= 0.3 is 12.1 Å². The second-order valence-corrected chi connectivity index (χ2v) is 6.64. The Labute approximate surface area is 125 Å². The van der Waals surface area contributed by atoms with Crippen LogP contribution < -0.4 is 10.4 Å². The summed E-state index contributed by atoms with van der Waals surface area (Å²) in [5.41, 5.74) is -1.47. The molecule has 0 aromatic heterocycles. The Morgan fingerprint density at radius 2 is 1.48 bits per heavy atom. The number of carbonyl (C=O) groups is 3. The van der Waals surface area contributed by atoms with Crippen LogP contribution in [0.3, 0.4) is 0 Å². The van der Waals surface area contributed by atoms with E-state index in [-0.39, 0.29) is 12.8 Å². The molecule has 0 aliphatic heterocycles. The second kappa shape index (κ2) is 7.28. The zero-order valence-corrected chi connectivity index (χ0v) is 13.4. The van der Waals surface area contributed by atoms with Crippen LogP contribution in [-0.2, 0) is 19.1 Å². The summed E-state index contributed by atoms with van der Waals surface area (Å²) in [6.07, 6.45) is -1.31. The Hall–Kier alpha value is -1.79. The predicted molar refractivity (Wildman–Crippen MR) is 73.2 cm³/mol. The van der Waals surface area contributed by atoms with Crippen LogP contribution in [0, 0.1) is 0 Å². The number of esters is 1. The van der Waals surface area contributed by atoms with Gasteiger partial charge in [-0.2, -0.15) is 0 Å². The molecule has 0 aromatic rings. The molecule has 1 atom stereocenters. The lowest BCUT2D eigenvalue weighted by atomic mass is 10.1. The number of amides is 1. The van der Waals surface area contributed by atoms with Gasteiger partial charge in [0.05, 0.1) is 0 Å². The molecule has 0 rings (SSSR count). The van der Waals surface area contributed by atoms with Gasteiger partial charge in [0, 0.05) is 5.97 Å². The van der Waals surface area contributed by atoms with Crippen molar-refractivity contribution in [1.82, 2.24) is 5.32 Å². The SMILES string of the molecule is CC(C)(C)OC(=O)N[C@@H](CCC(=O)[O-])C(=O)OC(C)(C)C. The van der Waals surface area contributed by atoms with Crippen molar-refractivity contribution in [3.8, 4) is 0 Å². The topological polar surface area (TPSA) is 105 Å². The highest BCUT2D eigenvalue weighted by molar-refractivity contribution is 5.82. The third-order valence-corrected chi connectivity index (χ3v) is 2.02. The molecule has 0 spiro atoms. The van der Waals surface area contributed by atoms with Crippen LogP contribution in [0.15, 0.2) is 0 Å². The van der Waals surface area contributed by atoms with Crippen LogP contribution in [0.4, 0.5) is 4.79 Å². The molecule has 0 bridgehead atoms. The van der Waals surface area contributed by atoms with Crippen molar-refractivity contribution < 1.29 is 29.0 Å². The summed E-state index contributed by atoms with van der Waals surface area (Å²) in [4.78, 5) is 34.2. The first-order chi connectivity index (χ1) is 9.30. The smallest absolute Gasteiger partial charge is 0.408 e. The minimum Gasteiger partial charge on any atom is -0.550 e. The molecule has 1 amide bonds. The van der Waals surface area contributed by atoms with Crippen molar-refractivity contribution in [3.63, 3.8) is 0 Å². The van der Waals surface area contributed by atoms with Gasteiger partial charge in [-0.15, -0.1) is 0 Å². The van der Waals surface area contributed by atoms with Crippen LogP contribution in [0.5, 0.6) is 0 Å². The molecule has 1 N–H and O–H groups in total. The molecule has 0 saturated heterocycles. The van der Waals surface area contributed by atoms with Gasteiger partial charge in [0.15, 0.2) is 0 Å². The molecule has 21 heavy (non-hydrogen) atoms. The number of hydrogen-bond donors (Lipinski definition) is 1. The summed E-state index contributed by atoms with van der Waals surface area (Å²) >= 11 is 0. The summed E-state index contributed by atoms with van der Waals surface area (Å²) in [5, 5.41) is 12.8. The molecule has 0 fully saturated rings. The number of ether oxygens (including phenoxy) is 2. The third-order valence-electron chi connectivity index (χ3n) is 2.02. The van der Waals surface area contributed by atoms with Crippen LogP contribution in [0.2, 0.25) is 0 Å². The quantitative estimate of drug-likeness (QED) is 0.751. The number of rotatable bonds is 5. The molecule has 0 aliphatic rings. The van der Waals surface area contributed by atoms with Crippen molar-refractivity contribution in [1.29, 1.82) is 0 Å². The fourth-order valence-corrected chi connectivity index (χ4v) is 1.33. The van der Waals surface area contributed by atoms with E-state index in [4.69, 9.17) is 9.47 Å². The molecular weight excluding hydrogens is 278 g/mol. The molecule has 0 saturated carbocycles. The average Bonchev–Trinajstić information content (AvgIpc) is 2.18. The zero-order valence-electron chi connectivity index (χ0n) is 13.4. The summed E-state index contributed by atoms with van der Waals surface area (Å²) in [6, 6.07) is -1.10. The number of carboxylic acid groups (broad SMARTS) is 1. The normalized spacial score (nSPS) is 13.2. The Morgan fingerprint density at radius 3 is 1.86 bits per heavy atom. The average molecular weight is 302 g/mol. The fraction of sp³-hybridized carbons (Fsp3) is 0.786. The van der Waals surface area contributed by atoms with Crippen LogP contribution in [0.25, 0.3) is 0 Å². The van der Waals surface area contributed by atoms with Crippen LogP contribution in [0.1, 0.15) is 54.4 Å². The van der Waals surface area contributed by atoms with E-state index in [0.29, 0.717) is 0 Å². The molecule has 7 heteroatoms. The first-order valence-electron chi connectivity index (χ1n) is 6.72. The van der Waals surface area contributed by atoms with E-state index in [1.165, 1.54) is 0 Å². The summed E-state index contributed by atoms with van der Waals surface area (Å²) < 4.78 is 10.2. The van der Waals surface area contributed by atoms with Gasteiger partial charge in [-0.25, -0.2) is 9.59 Å². The highest BCUT2D eigenvalue weighted by Gasteiger charge is 2.28. The number of hydrogen-bond acceptors (Lipinski definition) is 6. The van der Waals surface area contributed by atoms with Crippen molar-refractivity contribution in [2.24, 2.45) is 0 Å². The summed E-state index contributed by atoms with van der Waals surface area (Å²) in [6.45, 7) is 10.1. The maximum Gasteiger partial charge on any atom is 0.408 e.